The molecule has 1 aliphatic rings. The summed E-state index contributed by atoms with van der Waals surface area (Å²) in [7, 11) is 0. The first kappa shape index (κ1) is 8.76. The Morgan fingerprint density at radius 3 is 2.36 bits per heavy atom. The number of hydrogen-bond donors (Lipinski definition) is 0. The summed E-state index contributed by atoms with van der Waals surface area (Å²) in [4.78, 5) is 11.3. The molecular weight excluding hydrogens is 136 g/mol. The zero-order valence-electron chi connectivity index (χ0n) is 7.98. The molecule has 2 atom stereocenters. The van der Waals surface area contributed by atoms with Crippen LogP contribution in [-0.4, -0.2) is 5.78 Å². The fourth-order valence-electron chi connectivity index (χ4n) is 1.86. The third-order valence-electron chi connectivity index (χ3n) is 3.51. The van der Waals surface area contributed by atoms with Crippen molar-refractivity contribution >= 4 is 5.78 Å². The van der Waals surface area contributed by atoms with Crippen LogP contribution >= 0.6 is 0 Å². The largest absolute Gasteiger partial charge is 0.299 e. The number of carbonyl (C=O) groups is 1. The van der Waals surface area contributed by atoms with E-state index < -0.39 is 0 Å². The number of rotatable bonds is 0. The number of carbonyl (C=O) groups excluding carboxylic acids is 1. The summed E-state index contributed by atoms with van der Waals surface area (Å²) in [5.74, 6) is 1.28. The molecule has 0 spiro atoms. The van der Waals surface area contributed by atoms with Gasteiger partial charge in [-0.2, -0.15) is 0 Å². The first-order valence-corrected chi connectivity index (χ1v) is 4.48. The molecule has 0 aliphatic heterocycles. The number of ketones is 1. The van der Waals surface area contributed by atoms with E-state index in [1.165, 1.54) is 0 Å². The third kappa shape index (κ3) is 1.47. The SMILES string of the molecule is C[C@@H]1[C@@H](C)C(=O)CCC1(C)C. The average Bonchev–Trinajstić information content (AvgIpc) is 1.95. The number of Topliss-reactive ketones (excluding diaryl/α,β-unsaturated/α-hetero) is 1. The Hall–Kier alpha value is -0.330. The lowest BCUT2D eigenvalue weighted by Crippen LogP contribution is -2.36. The maximum absolute atomic E-state index is 11.3. The van der Waals surface area contributed by atoms with Crippen LogP contribution in [0, 0.1) is 17.3 Å². The third-order valence-corrected chi connectivity index (χ3v) is 3.51. The molecule has 1 heteroatoms. The summed E-state index contributed by atoms with van der Waals surface area (Å²) in [6.07, 6.45) is 1.86. The Morgan fingerprint density at radius 2 is 1.91 bits per heavy atom. The second-order valence-corrected chi connectivity index (χ2v) is 4.53. The molecule has 0 radical (unpaired) electrons. The van der Waals surface area contributed by atoms with Gasteiger partial charge in [-0.1, -0.05) is 27.7 Å². The normalized spacial score (nSPS) is 37.3. The first-order chi connectivity index (χ1) is 4.95. The highest BCUT2D eigenvalue weighted by Gasteiger charge is 2.37. The average molecular weight is 154 g/mol. The van der Waals surface area contributed by atoms with Gasteiger partial charge in [0.1, 0.15) is 5.78 Å². The van der Waals surface area contributed by atoms with Crippen LogP contribution < -0.4 is 0 Å². The predicted molar refractivity (Wildman–Crippen MR) is 46.4 cm³/mol. The second kappa shape index (κ2) is 2.62. The van der Waals surface area contributed by atoms with Crippen LogP contribution in [0.4, 0.5) is 0 Å². The molecule has 1 aliphatic carbocycles. The van der Waals surface area contributed by atoms with Crippen LogP contribution in [0.15, 0.2) is 0 Å². The van der Waals surface area contributed by atoms with E-state index in [2.05, 4.69) is 27.7 Å². The van der Waals surface area contributed by atoms with Crippen LogP contribution in [0.5, 0.6) is 0 Å². The van der Waals surface area contributed by atoms with Gasteiger partial charge in [-0.15, -0.1) is 0 Å². The molecule has 0 aromatic heterocycles. The molecule has 0 bridgehead atoms. The van der Waals surface area contributed by atoms with Crippen molar-refractivity contribution in [3.05, 3.63) is 0 Å². The van der Waals surface area contributed by atoms with E-state index >= 15 is 0 Å². The van der Waals surface area contributed by atoms with Gasteiger partial charge in [-0.05, 0) is 17.8 Å². The standard InChI is InChI=1S/C10H18O/c1-7-8(2)10(3,4)6-5-9(7)11/h7-8H,5-6H2,1-4H3/t7-,8-/m1/s1. The molecular formula is C10H18O. The molecule has 1 saturated carbocycles. The molecule has 0 amide bonds. The topological polar surface area (TPSA) is 17.1 Å². The van der Waals surface area contributed by atoms with Crippen molar-refractivity contribution in [1.82, 2.24) is 0 Å². The zero-order valence-corrected chi connectivity index (χ0v) is 7.98. The van der Waals surface area contributed by atoms with Crippen molar-refractivity contribution in [1.29, 1.82) is 0 Å². The first-order valence-electron chi connectivity index (χ1n) is 4.48. The van der Waals surface area contributed by atoms with Crippen LogP contribution in [0.25, 0.3) is 0 Å². The summed E-state index contributed by atoms with van der Waals surface area (Å²) in [6, 6.07) is 0. The van der Waals surface area contributed by atoms with Crippen LogP contribution in [0.1, 0.15) is 40.5 Å². The monoisotopic (exact) mass is 154 g/mol. The Balaban J connectivity index is 2.75. The highest BCUT2D eigenvalue weighted by atomic mass is 16.1. The number of hydrogen-bond acceptors (Lipinski definition) is 1. The molecule has 0 unspecified atom stereocenters. The van der Waals surface area contributed by atoms with Crippen molar-refractivity contribution in [2.45, 2.75) is 40.5 Å². The van der Waals surface area contributed by atoms with Crippen LogP contribution in [0.3, 0.4) is 0 Å². The maximum Gasteiger partial charge on any atom is 0.136 e. The van der Waals surface area contributed by atoms with Gasteiger partial charge in [0.15, 0.2) is 0 Å². The molecule has 0 heterocycles. The molecule has 1 nitrogen and oxygen atoms in total. The smallest absolute Gasteiger partial charge is 0.136 e. The van der Waals surface area contributed by atoms with Gasteiger partial charge >= 0.3 is 0 Å². The zero-order chi connectivity index (χ0) is 8.65. The minimum atomic E-state index is 0.277. The Labute approximate surface area is 69.2 Å². The Kier molecular flexibility index (Phi) is 2.08. The summed E-state index contributed by atoms with van der Waals surface area (Å²) in [5, 5.41) is 0. The lowest BCUT2D eigenvalue weighted by molar-refractivity contribution is -0.129. The predicted octanol–water partition coefficient (Wildman–Crippen LogP) is 2.65. The lowest BCUT2D eigenvalue weighted by Gasteiger charge is -2.39. The Morgan fingerprint density at radius 1 is 1.36 bits per heavy atom. The second-order valence-electron chi connectivity index (χ2n) is 4.53. The van der Waals surface area contributed by atoms with Gasteiger partial charge in [-0.25, -0.2) is 0 Å². The van der Waals surface area contributed by atoms with Gasteiger partial charge in [0.25, 0.3) is 0 Å². The van der Waals surface area contributed by atoms with E-state index in [-0.39, 0.29) is 5.92 Å². The fraction of sp³-hybridized carbons (Fsp3) is 0.900. The Bertz CT molecular complexity index is 170. The van der Waals surface area contributed by atoms with Gasteiger partial charge < -0.3 is 0 Å². The van der Waals surface area contributed by atoms with Gasteiger partial charge in [0.2, 0.25) is 0 Å². The molecule has 0 aromatic carbocycles. The van der Waals surface area contributed by atoms with E-state index in [1.54, 1.807) is 0 Å². The summed E-state index contributed by atoms with van der Waals surface area (Å²) in [5.41, 5.74) is 0.368. The molecule has 1 rings (SSSR count). The molecule has 0 N–H and O–H groups in total. The molecule has 0 aromatic rings. The van der Waals surface area contributed by atoms with E-state index in [4.69, 9.17) is 0 Å². The van der Waals surface area contributed by atoms with Crippen molar-refractivity contribution in [3.63, 3.8) is 0 Å². The van der Waals surface area contributed by atoms with Crippen molar-refractivity contribution in [2.75, 3.05) is 0 Å². The van der Waals surface area contributed by atoms with E-state index in [0.29, 0.717) is 17.1 Å². The van der Waals surface area contributed by atoms with Crippen molar-refractivity contribution in [3.8, 4) is 0 Å². The van der Waals surface area contributed by atoms with Crippen molar-refractivity contribution in [2.24, 2.45) is 17.3 Å². The van der Waals surface area contributed by atoms with Crippen molar-refractivity contribution < 1.29 is 4.79 Å². The quantitative estimate of drug-likeness (QED) is 0.524. The van der Waals surface area contributed by atoms with Crippen LogP contribution in [0.2, 0.25) is 0 Å². The van der Waals surface area contributed by atoms with Gasteiger partial charge in [-0.3, -0.25) is 4.79 Å². The minimum Gasteiger partial charge on any atom is -0.299 e. The molecule has 0 saturated heterocycles. The van der Waals surface area contributed by atoms with E-state index in [1.807, 2.05) is 0 Å². The van der Waals surface area contributed by atoms with Gasteiger partial charge in [0, 0.05) is 12.3 Å². The lowest BCUT2D eigenvalue weighted by atomic mass is 9.65. The van der Waals surface area contributed by atoms with E-state index in [0.717, 1.165) is 12.8 Å². The maximum atomic E-state index is 11.3. The fourth-order valence-corrected chi connectivity index (χ4v) is 1.86. The van der Waals surface area contributed by atoms with Crippen LogP contribution in [-0.2, 0) is 4.79 Å². The summed E-state index contributed by atoms with van der Waals surface area (Å²) in [6.45, 7) is 8.79. The summed E-state index contributed by atoms with van der Waals surface area (Å²) < 4.78 is 0. The molecule has 1 fully saturated rings. The minimum absolute atomic E-state index is 0.277. The summed E-state index contributed by atoms with van der Waals surface area (Å²) >= 11 is 0. The molecule has 11 heavy (non-hydrogen) atoms. The van der Waals surface area contributed by atoms with Gasteiger partial charge in [0.05, 0.1) is 0 Å². The van der Waals surface area contributed by atoms with E-state index in [9.17, 15) is 4.79 Å². The highest BCUT2D eigenvalue weighted by molar-refractivity contribution is 5.81. The molecule has 64 valence electrons. The highest BCUT2D eigenvalue weighted by Crippen LogP contribution is 2.41.